The molecule has 0 saturated heterocycles. The Morgan fingerprint density at radius 1 is 1.00 bits per heavy atom. The molecule has 0 spiro atoms. The number of hydrogen-bond acceptors (Lipinski definition) is 3. The van der Waals surface area contributed by atoms with Gasteiger partial charge in [0.05, 0.1) is 5.60 Å². The SMILES string of the molecule is C[C@@](O)(Cc1ccncc1)c1ccncc1. The summed E-state index contributed by atoms with van der Waals surface area (Å²) in [4.78, 5) is 7.90. The van der Waals surface area contributed by atoms with E-state index in [1.165, 1.54) is 0 Å². The predicted octanol–water partition coefficient (Wildman–Crippen LogP) is 1.93. The van der Waals surface area contributed by atoms with Crippen molar-refractivity contribution in [2.75, 3.05) is 0 Å². The highest BCUT2D eigenvalue weighted by Gasteiger charge is 2.23. The molecule has 0 aliphatic rings. The molecule has 0 radical (unpaired) electrons. The van der Waals surface area contributed by atoms with E-state index in [0.29, 0.717) is 6.42 Å². The van der Waals surface area contributed by atoms with Crippen molar-refractivity contribution in [3.8, 4) is 0 Å². The Bertz CT molecular complexity index is 440. The zero-order chi connectivity index (χ0) is 11.4. The molecule has 0 aromatic carbocycles. The minimum atomic E-state index is -0.871. The molecule has 2 aromatic rings. The zero-order valence-corrected chi connectivity index (χ0v) is 9.17. The van der Waals surface area contributed by atoms with Gasteiger partial charge >= 0.3 is 0 Å². The van der Waals surface area contributed by atoms with Crippen molar-refractivity contribution in [3.05, 3.63) is 60.2 Å². The molecule has 0 fully saturated rings. The van der Waals surface area contributed by atoms with E-state index in [-0.39, 0.29) is 0 Å². The minimum Gasteiger partial charge on any atom is -0.385 e. The summed E-state index contributed by atoms with van der Waals surface area (Å²) in [6.07, 6.45) is 7.42. The van der Waals surface area contributed by atoms with Crippen molar-refractivity contribution < 1.29 is 5.11 Å². The number of pyridine rings is 2. The lowest BCUT2D eigenvalue weighted by Crippen LogP contribution is -2.24. The Kier molecular flexibility index (Phi) is 2.97. The molecule has 1 atom stereocenters. The number of rotatable bonds is 3. The van der Waals surface area contributed by atoms with Crippen molar-refractivity contribution in [1.82, 2.24) is 9.97 Å². The van der Waals surface area contributed by atoms with Crippen LogP contribution < -0.4 is 0 Å². The summed E-state index contributed by atoms with van der Waals surface area (Å²) in [5.74, 6) is 0. The second-order valence-electron chi connectivity index (χ2n) is 4.04. The van der Waals surface area contributed by atoms with E-state index in [2.05, 4.69) is 9.97 Å². The lowest BCUT2D eigenvalue weighted by Gasteiger charge is -2.23. The maximum atomic E-state index is 10.4. The van der Waals surface area contributed by atoms with Crippen LogP contribution >= 0.6 is 0 Å². The first-order chi connectivity index (χ1) is 7.68. The van der Waals surface area contributed by atoms with E-state index in [0.717, 1.165) is 11.1 Å². The first-order valence-corrected chi connectivity index (χ1v) is 5.20. The Morgan fingerprint density at radius 3 is 2.06 bits per heavy atom. The van der Waals surface area contributed by atoms with Crippen LogP contribution in [0.25, 0.3) is 0 Å². The Labute approximate surface area is 94.8 Å². The third-order valence-electron chi connectivity index (χ3n) is 2.60. The highest BCUT2D eigenvalue weighted by molar-refractivity contribution is 5.22. The first-order valence-electron chi connectivity index (χ1n) is 5.20. The molecule has 0 saturated carbocycles. The van der Waals surface area contributed by atoms with Crippen LogP contribution in [0.4, 0.5) is 0 Å². The van der Waals surface area contributed by atoms with Crippen LogP contribution in [-0.2, 0) is 12.0 Å². The second kappa shape index (κ2) is 4.41. The molecule has 2 heterocycles. The molecule has 82 valence electrons. The molecule has 16 heavy (non-hydrogen) atoms. The van der Waals surface area contributed by atoms with Gasteiger partial charge in [0.25, 0.3) is 0 Å². The largest absolute Gasteiger partial charge is 0.385 e. The minimum absolute atomic E-state index is 0.569. The summed E-state index contributed by atoms with van der Waals surface area (Å²) in [5.41, 5.74) is 1.07. The van der Waals surface area contributed by atoms with Crippen molar-refractivity contribution in [1.29, 1.82) is 0 Å². The highest BCUT2D eigenvalue weighted by atomic mass is 16.3. The summed E-state index contributed by atoms with van der Waals surface area (Å²) in [5, 5.41) is 10.4. The van der Waals surface area contributed by atoms with Gasteiger partial charge in [-0.15, -0.1) is 0 Å². The summed E-state index contributed by atoms with van der Waals surface area (Å²) in [7, 11) is 0. The molecule has 3 heteroatoms. The third kappa shape index (κ3) is 2.44. The topological polar surface area (TPSA) is 46.0 Å². The van der Waals surface area contributed by atoms with E-state index in [4.69, 9.17) is 0 Å². The molecular formula is C13H14N2O. The van der Waals surface area contributed by atoms with Gasteiger partial charge in [-0.1, -0.05) is 0 Å². The lowest BCUT2D eigenvalue weighted by atomic mass is 9.90. The highest BCUT2D eigenvalue weighted by Crippen LogP contribution is 2.24. The van der Waals surface area contributed by atoms with Crippen LogP contribution in [0.15, 0.2) is 49.1 Å². The normalized spacial score (nSPS) is 14.4. The zero-order valence-electron chi connectivity index (χ0n) is 9.17. The van der Waals surface area contributed by atoms with Crippen LogP contribution in [0.3, 0.4) is 0 Å². The maximum absolute atomic E-state index is 10.4. The van der Waals surface area contributed by atoms with E-state index in [1.807, 2.05) is 31.2 Å². The number of aromatic nitrogens is 2. The van der Waals surface area contributed by atoms with Gasteiger partial charge in [0.1, 0.15) is 0 Å². The van der Waals surface area contributed by atoms with E-state index >= 15 is 0 Å². The van der Waals surface area contributed by atoms with Gasteiger partial charge in [-0.2, -0.15) is 0 Å². The molecule has 0 aliphatic heterocycles. The Hall–Kier alpha value is -1.74. The molecule has 3 nitrogen and oxygen atoms in total. The van der Waals surface area contributed by atoms with Crippen molar-refractivity contribution in [3.63, 3.8) is 0 Å². The third-order valence-corrected chi connectivity index (χ3v) is 2.60. The van der Waals surface area contributed by atoms with E-state index in [1.54, 1.807) is 24.8 Å². The molecule has 2 aromatic heterocycles. The first kappa shape index (κ1) is 10.8. The smallest absolute Gasteiger partial charge is 0.0909 e. The van der Waals surface area contributed by atoms with Crippen molar-refractivity contribution >= 4 is 0 Å². The molecular weight excluding hydrogens is 200 g/mol. The molecule has 1 N–H and O–H groups in total. The van der Waals surface area contributed by atoms with Gasteiger partial charge in [0, 0.05) is 31.2 Å². The van der Waals surface area contributed by atoms with E-state index < -0.39 is 5.60 Å². The quantitative estimate of drug-likeness (QED) is 0.849. The predicted molar refractivity (Wildman–Crippen MR) is 61.7 cm³/mol. The molecule has 0 unspecified atom stereocenters. The van der Waals surface area contributed by atoms with Crippen LogP contribution in [0.2, 0.25) is 0 Å². The summed E-state index contributed by atoms with van der Waals surface area (Å²) < 4.78 is 0. The average molecular weight is 214 g/mol. The summed E-state index contributed by atoms with van der Waals surface area (Å²) >= 11 is 0. The number of nitrogens with zero attached hydrogens (tertiary/aromatic N) is 2. The maximum Gasteiger partial charge on any atom is 0.0909 e. The fourth-order valence-corrected chi connectivity index (χ4v) is 1.71. The summed E-state index contributed by atoms with van der Waals surface area (Å²) in [6.45, 7) is 1.81. The van der Waals surface area contributed by atoms with Gasteiger partial charge in [0.2, 0.25) is 0 Å². The summed E-state index contributed by atoms with van der Waals surface area (Å²) in [6, 6.07) is 7.49. The molecule has 0 aliphatic carbocycles. The van der Waals surface area contributed by atoms with Crippen molar-refractivity contribution in [2.45, 2.75) is 18.9 Å². The van der Waals surface area contributed by atoms with Gasteiger partial charge in [-0.25, -0.2) is 0 Å². The van der Waals surface area contributed by atoms with Crippen LogP contribution in [0, 0.1) is 0 Å². The van der Waals surface area contributed by atoms with E-state index in [9.17, 15) is 5.11 Å². The number of aliphatic hydroxyl groups is 1. The molecule has 0 amide bonds. The lowest BCUT2D eigenvalue weighted by molar-refractivity contribution is 0.0575. The van der Waals surface area contributed by atoms with Crippen LogP contribution in [0.5, 0.6) is 0 Å². The number of hydrogen-bond donors (Lipinski definition) is 1. The molecule has 0 bridgehead atoms. The fourth-order valence-electron chi connectivity index (χ4n) is 1.71. The van der Waals surface area contributed by atoms with Crippen LogP contribution in [0.1, 0.15) is 18.1 Å². The Balaban J connectivity index is 2.21. The average Bonchev–Trinajstić information content (AvgIpc) is 2.31. The van der Waals surface area contributed by atoms with Gasteiger partial charge in [0.15, 0.2) is 0 Å². The standard InChI is InChI=1S/C13H14N2O/c1-13(16,12-4-8-15-9-5-12)10-11-2-6-14-7-3-11/h2-9,16H,10H2,1H3/t13-/m1/s1. The second-order valence-corrected chi connectivity index (χ2v) is 4.04. The monoisotopic (exact) mass is 214 g/mol. The van der Waals surface area contributed by atoms with Gasteiger partial charge in [-0.05, 0) is 42.3 Å². The van der Waals surface area contributed by atoms with Gasteiger partial charge in [-0.3, -0.25) is 9.97 Å². The fraction of sp³-hybridized carbons (Fsp3) is 0.231. The van der Waals surface area contributed by atoms with Gasteiger partial charge < -0.3 is 5.11 Å². The van der Waals surface area contributed by atoms with Crippen molar-refractivity contribution in [2.24, 2.45) is 0 Å². The Morgan fingerprint density at radius 2 is 1.50 bits per heavy atom. The molecule has 2 rings (SSSR count). The van der Waals surface area contributed by atoms with Crippen LogP contribution in [-0.4, -0.2) is 15.1 Å².